The lowest BCUT2D eigenvalue weighted by Crippen LogP contribution is -2.35. The molecule has 0 aliphatic carbocycles. The zero-order valence-corrected chi connectivity index (χ0v) is 13.7. The molecule has 1 heterocycles. The number of aryl methyl sites for hydroxylation is 1. The Bertz CT molecular complexity index is 413. The zero-order valence-electron chi connectivity index (χ0n) is 13.7. The van der Waals surface area contributed by atoms with E-state index in [1.165, 1.54) is 5.56 Å². The molecule has 0 saturated carbocycles. The molecule has 4 heteroatoms. The van der Waals surface area contributed by atoms with Crippen LogP contribution in [0.4, 0.5) is 5.82 Å². The minimum Gasteiger partial charge on any atom is -0.380 e. The Balaban J connectivity index is 2.74. The largest absolute Gasteiger partial charge is 0.380 e. The van der Waals surface area contributed by atoms with Crippen molar-refractivity contribution in [3.63, 3.8) is 0 Å². The average molecular weight is 279 g/mol. The normalized spacial score (nSPS) is 13.3. The predicted molar refractivity (Wildman–Crippen MR) is 85.2 cm³/mol. The number of methoxy groups -OCH3 is 1. The Hall–Kier alpha value is -1.13. The first kappa shape index (κ1) is 16.9. The summed E-state index contributed by atoms with van der Waals surface area (Å²) in [6.07, 6.45) is 1.12. The van der Waals surface area contributed by atoms with Gasteiger partial charge in [-0.25, -0.2) is 4.98 Å². The van der Waals surface area contributed by atoms with Gasteiger partial charge >= 0.3 is 0 Å². The molecular weight excluding hydrogens is 250 g/mol. The highest BCUT2D eigenvalue weighted by Crippen LogP contribution is 2.13. The van der Waals surface area contributed by atoms with Crippen molar-refractivity contribution in [1.82, 2.24) is 10.3 Å². The van der Waals surface area contributed by atoms with Gasteiger partial charge in [0.2, 0.25) is 0 Å². The smallest absolute Gasteiger partial charge is 0.126 e. The molecule has 2 N–H and O–H groups in total. The standard InChI is InChI=1S/C16H29N3O/c1-7-14-8-13(11-18-16(3,4)5)9-15(19-14)17-10-12(2)20-6/h8-9,12,18H,7,10-11H2,1-6H3,(H,17,19). The molecule has 1 aromatic rings. The first-order valence-electron chi connectivity index (χ1n) is 7.35. The van der Waals surface area contributed by atoms with Crippen molar-refractivity contribution < 1.29 is 4.74 Å². The average Bonchev–Trinajstić information content (AvgIpc) is 2.41. The van der Waals surface area contributed by atoms with Gasteiger partial charge in [-0.2, -0.15) is 0 Å². The van der Waals surface area contributed by atoms with E-state index in [-0.39, 0.29) is 11.6 Å². The third kappa shape index (κ3) is 6.35. The molecule has 0 spiro atoms. The van der Waals surface area contributed by atoms with Crippen molar-refractivity contribution in [1.29, 1.82) is 0 Å². The Morgan fingerprint density at radius 1 is 1.30 bits per heavy atom. The molecule has 1 aromatic heterocycles. The van der Waals surface area contributed by atoms with E-state index in [4.69, 9.17) is 4.74 Å². The molecule has 1 unspecified atom stereocenters. The van der Waals surface area contributed by atoms with Crippen LogP contribution in [0.3, 0.4) is 0 Å². The number of nitrogens with zero attached hydrogens (tertiary/aromatic N) is 1. The molecule has 4 nitrogen and oxygen atoms in total. The van der Waals surface area contributed by atoms with Gasteiger partial charge < -0.3 is 15.4 Å². The number of hydrogen-bond acceptors (Lipinski definition) is 4. The highest BCUT2D eigenvalue weighted by atomic mass is 16.5. The number of anilines is 1. The first-order valence-corrected chi connectivity index (χ1v) is 7.35. The molecule has 0 amide bonds. The van der Waals surface area contributed by atoms with E-state index < -0.39 is 0 Å². The molecule has 0 saturated heterocycles. The van der Waals surface area contributed by atoms with Crippen LogP contribution in [0.15, 0.2) is 12.1 Å². The predicted octanol–water partition coefficient (Wildman–Crippen LogP) is 2.98. The number of pyridine rings is 1. The summed E-state index contributed by atoms with van der Waals surface area (Å²) >= 11 is 0. The van der Waals surface area contributed by atoms with Gasteiger partial charge in [0.15, 0.2) is 0 Å². The van der Waals surface area contributed by atoms with Crippen molar-refractivity contribution in [2.75, 3.05) is 19.0 Å². The van der Waals surface area contributed by atoms with E-state index in [0.29, 0.717) is 0 Å². The van der Waals surface area contributed by atoms with Crippen molar-refractivity contribution in [2.24, 2.45) is 0 Å². The maximum atomic E-state index is 5.25. The third-order valence-corrected chi connectivity index (χ3v) is 3.10. The second-order valence-corrected chi connectivity index (χ2v) is 6.24. The second kappa shape index (κ2) is 7.60. The summed E-state index contributed by atoms with van der Waals surface area (Å²) in [7, 11) is 1.72. The second-order valence-electron chi connectivity index (χ2n) is 6.24. The maximum absolute atomic E-state index is 5.25. The van der Waals surface area contributed by atoms with Gasteiger partial charge in [-0.1, -0.05) is 6.92 Å². The molecule has 0 aromatic carbocycles. The van der Waals surface area contributed by atoms with Crippen LogP contribution >= 0.6 is 0 Å². The summed E-state index contributed by atoms with van der Waals surface area (Å²) in [5.74, 6) is 0.930. The Kier molecular flexibility index (Phi) is 6.43. The van der Waals surface area contributed by atoms with Crippen LogP contribution in [0.25, 0.3) is 0 Å². The van der Waals surface area contributed by atoms with Crippen LogP contribution in [0, 0.1) is 0 Å². The molecule has 1 rings (SSSR count). The Labute approximate surface area is 123 Å². The number of rotatable bonds is 7. The quantitative estimate of drug-likeness (QED) is 0.805. The summed E-state index contributed by atoms with van der Waals surface area (Å²) < 4.78 is 5.25. The van der Waals surface area contributed by atoms with Crippen LogP contribution in [-0.2, 0) is 17.7 Å². The van der Waals surface area contributed by atoms with Crippen LogP contribution in [0.1, 0.15) is 45.9 Å². The van der Waals surface area contributed by atoms with E-state index in [1.807, 2.05) is 6.92 Å². The van der Waals surface area contributed by atoms with E-state index in [2.05, 4.69) is 55.4 Å². The molecule has 0 aliphatic rings. The van der Waals surface area contributed by atoms with Gasteiger partial charge in [0.05, 0.1) is 6.10 Å². The van der Waals surface area contributed by atoms with Gasteiger partial charge in [-0.05, 0) is 51.8 Å². The SMILES string of the molecule is CCc1cc(CNC(C)(C)C)cc(NCC(C)OC)n1. The molecule has 0 radical (unpaired) electrons. The molecule has 20 heavy (non-hydrogen) atoms. The van der Waals surface area contributed by atoms with Gasteiger partial charge in [0.25, 0.3) is 0 Å². The summed E-state index contributed by atoms with van der Waals surface area (Å²) in [5.41, 5.74) is 2.50. The minimum atomic E-state index is 0.119. The number of nitrogens with one attached hydrogen (secondary N) is 2. The fraction of sp³-hybridized carbons (Fsp3) is 0.688. The highest BCUT2D eigenvalue weighted by Gasteiger charge is 2.10. The Morgan fingerprint density at radius 3 is 2.55 bits per heavy atom. The molecule has 0 bridgehead atoms. The van der Waals surface area contributed by atoms with Crippen molar-refractivity contribution in [3.8, 4) is 0 Å². The van der Waals surface area contributed by atoms with Crippen LogP contribution in [0.2, 0.25) is 0 Å². The van der Waals surface area contributed by atoms with Crippen molar-refractivity contribution >= 4 is 5.82 Å². The summed E-state index contributed by atoms with van der Waals surface area (Å²) in [6, 6.07) is 4.28. The minimum absolute atomic E-state index is 0.119. The highest BCUT2D eigenvalue weighted by molar-refractivity contribution is 5.40. The molecule has 0 aliphatic heterocycles. The molecule has 1 atom stereocenters. The lowest BCUT2D eigenvalue weighted by atomic mass is 10.1. The maximum Gasteiger partial charge on any atom is 0.126 e. The van der Waals surface area contributed by atoms with E-state index in [0.717, 1.165) is 31.0 Å². The van der Waals surface area contributed by atoms with Crippen molar-refractivity contribution in [2.45, 2.75) is 59.2 Å². The van der Waals surface area contributed by atoms with Crippen molar-refractivity contribution in [3.05, 3.63) is 23.4 Å². The van der Waals surface area contributed by atoms with E-state index in [1.54, 1.807) is 7.11 Å². The van der Waals surface area contributed by atoms with Gasteiger partial charge in [-0.15, -0.1) is 0 Å². The molecule has 0 fully saturated rings. The van der Waals surface area contributed by atoms with Gasteiger partial charge in [-0.3, -0.25) is 0 Å². The lowest BCUT2D eigenvalue weighted by molar-refractivity contribution is 0.128. The summed E-state index contributed by atoms with van der Waals surface area (Å²) in [5, 5.41) is 6.86. The number of hydrogen-bond donors (Lipinski definition) is 2. The fourth-order valence-corrected chi connectivity index (χ4v) is 1.72. The monoisotopic (exact) mass is 279 g/mol. The van der Waals surface area contributed by atoms with Gasteiger partial charge in [0.1, 0.15) is 5.82 Å². The zero-order chi connectivity index (χ0) is 15.2. The summed E-state index contributed by atoms with van der Waals surface area (Å²) in [6.45, 7) is 12.3. The van der Waals surface area contributed by atoms with E-state index in [9.17, 15) is 0 Å². The van der Waals surface area contributed by atoms with Crippen LogP contribution in [-0.4, -0.2) is 30.3 Å². The molecular formula is C16H29N3O. The topological polar surface area (TPSA) is 46.2 Å². The van der Waals surface area contributed by atoms with Crippen LogP contribution in [0.5, 0.6) is 0 Å². The fourth-order valence-electron chi connectivity index (χ4n) is 1.72. The number of ether oxygens (including phenoxy) is 1. The van der Waals surface area contributed by atoms with Gasteiger partial charge in [0, 0.05) is 31.4 Å². The Morgan fingerprint density at radius 2 is 2.00 bits per heavy atom. The third-order valence-electron chi connectivity index (χ3n) is 3.10. The van der Waals surface area contributed by atoms with E-state index >= 15 is 0 Å². The molecule has 114 valence electrons. The summed E-state index contributed by atoms with van der Waals surface area (Å²) in [4.78, 5) is 4.61. The van der Waals surface area contributed by atoms with Crippen LogP contribution < -0.4 is 10.6 Å². The number of aromatic nitrogens is 1. The lowest BCUT2D eigenvalue weighted by Gasteiger charge is -2.21. The first-order chi connectivity index (χ1) is 9.34.